The van der Waals surface area contributed by atoms with E-state index in [0.29, 0.717) is 36.6 Å². The Hall–Kier alpha value is -2.94. The molecule has 36 heavy (non-hydrogen) atoms. The minimum atomic E-state index is -4.60. The van der Waals surface area contributed by atoms with Crippen LogP contribution in [0.15, 0.2) is 29.8 Å². The number of nitriles is 1. The molecule has 11 heteroatoms. The number of alkyl halides is 3. The van der Waals surface area contributed by atoms with E-state index >= 15 is 0 Å². The van der Waals surface area contributed by atoms with Crippen LogP contribution < -0.4 is 0 Å². The molecule has 1 aliphatic heterocycles. The molecule has 0 spiro atoms. The minimum absolute atomic E-state index is 0.0460. The third kappa shape index (κ3) is 5.12. The van der Waals surface area contributed by atoms with Crippen molar-refractivity contribution in [3.63, 3.8) is 0 Å². The summed E-state index contributed by atoms with van der Waals surface area (Å²) in [5, 5.41) is 15.2. The second-order valence-electron chi connectivity index (χ2n) is 8.90. The van der Waals surface area contributed by atoms with Crippen molar-refractivity contribution in [1.82, 2.24) is 19.6 Å². The predicted octanol–water partition coefficient (Wildman–Crippen LogP) is 5.48. The number of hydrogen-bond acceptors (Lipinski definition) is 6. The SMILES string of the molecule is CCn1cc(-c2c(C3CN(C(=O)/C=C/CN(C)C)Cc4sc(C#N)cc43)csc2C)c(C(F)(F)F)n1. The van der Waals surface area contributed by atoms with Crippen molar-refractivity contribution < 1.29 is 18.0 Å². The maximum absolute atomic E-state index is 14.0. The van der Waals surface area contributed by atoms with Crippen LogP contribution in [0.2, 0.25) is 0 Å². The summed E-state index contributed by atoms with van der Waals surface area (Å²) in [5.41, 5.74) is 1.26. The van der Waals surface area contributed by atoms with Crippen LogP contribution in [0.4, 0.5) is 13.2 Å². The molecule has 0 saturated carbocycles. The first-order valence-corrected chi connectivity index (χ1v) is 13.1. The lowest BCUT2D eigenvalue weighted by atomic mass is 9.85. The van der Waals surface area contributed by atoms with Gasteiger partial charge >= 0.3 is 6.18 Å². The fraction of sp³-hybridized carbons (Fsp3) is 0.400. The Bertz CT molecular complexity index is 1340. The van der Waals surface area contributed by atoms with Gasteiger partial charge in [0.1, 0.15) is 10.9 Å². The van der Waals surface area contributed by atoms with Crippen molar-refractivity contribution in [2.45, 2.75) is 39.0 Å². The number of aromatic nitrogens is 2. The number of fused-ring (bicyclic) bond motifs is 1. The lowest BCUT2D eigenvalue weighted by molar-refractivity contribution is -0.141. The first kappa shape index (κ1) is 26.1. The molecule has 3 aromatic heterocycles. The molecular weight excluding hydrogens is 507 g/mol. The van der Waals surface area contributed by atoms with E-state index in [4.69, 9.17) is 0 Å². The number of amides is 1. The minimum Gasteiger partial charge on any atom is -0.333 e. The topological polar surface area (TPSA) is 65.2 Å². The van der Waals surface area contributed by atoms with Gasteiger partial charge in [-0.15, -0.1) is 22.7 Å². The summed E-state index contributed by atoms with van der Waals surface area (Å²) in [6, 6.07) is 3.99. The van der Waals surface area contributed by atoms with E-state index in [1.165, 1.54) is 39.6 Å². The summed E-state index contributed by atoms with van der Waals surface area (Å²) in [7, 11) is 3.81. The number of nitrogens with zero attached hydrogens (tertiary/aromatic N) is 5. The number of carbonyl (C=O) groups is 1. The zero-order valence-electron chi connectivity index (χ0n) is 20.4. The highest BCUT2D eigenvalue weighted by molar-refractivity contribution is 7.12. The maximum Gasteiger partial charge on any atom is 0.435 e. The van der Waals surface area contributed by atoms with E-state index in [2.05, 4.69) is 11.2 Å². The van der Waals surface area contributed by atoms with E-state index in [9.17, 15) is 23.2 Å². The van der Waals surface area contributed by atoms with Crippen LogP contribution in [0.1, 0.15) is 44.3 Å². The Morgan fingerprint density at radius 3 is 2.75 bits per heavy atom. The van der Waals surface area contributed by atoms with Gasteiger partial charge in [0.25, 0.3) is 0 Å². The van der Waals surface area contributed by atoms with Gasteiger partial charge in [0, 0.05) is 58.7 Å². The van der Waals surface area contributed by atoms with Gasteiger partial charge in [-0.25, -0.2) is 0 Å². The van der Waals surface area contributed by atoms with Crippen LogP contribution in [0, 0.1) is 18.3 Å². The number of rotatable bonds is 6. The summed E-state index contributed by atoms with van der Waals surface area (Å²) in [6.45, 7) is 5.15. The van der Waals surface area contributed by atoms with Crippen molar-refractivity contribution in [2.24, 2.45) is 0 Å². The van der Waals surface area contributed by atoms with Gasteiger partial charge in [-0.1, -0.05) is 6.08 Å². The zero-order chi connectivity index (χ0) is 26.2. The Morgan fingerprint density at radius 1 is 1.36 bits per heavy atom. The molecule has 1 atom stereocenters. The molecule has 1 amide bonds. The third-order valence-corrected chi connectivity index (χ3v) is 8.08. The van der Waals surface area contributed by atoms with Gasteiger partial charge < -0.3 is 9.80 Å². The van der Waals surface area contributed by atoms with E-state index in [-0.39, 0.29) is 17.4 Å². The van der Waals surface area contributed by atoms with Crippen molar-refractivity contribution in [2.75, 3.05) is 27.2 Å². The Balaban J connectivity index is 1.81. The van der Waals surface area contributed by atoms with Crippen LogP contribution in [0.5, 0.6) is 0 Å². The highest BCUT2D eigenvalue weighted by atomic mass is 32.1. The lowest BCUT2D eigenvalue weighted by Crippen LogP contribution is -2.37. The molecule has 0 radical (unpaired) electrons. The molecule has 0 aliphatic carbocycles. The molecule has 1 aliphatic rings. The summed E-state index contributed by atoms with van der Waals surface area (Å²) in [5.74, 6) is -0.521. The molecule has 1 unspecified atom stereocenters. The number of hydrogen-bond donors (Lipinski definition) is 0. The van der Waals surface area contributed by atoms with E-state index in [1.54, 1.807) is 24.8 Å². The molecule has 0 aromatic carbocycles. The highest BCUT2D eigenvalue weighted by Crippen LogP contribution is 2.47. The quantitative estimate of drug-likeness (QED) is 0.394. The molecule has 4 rings (SSSR count). The number of halogens is 3. The number of likely N-dealkylation sites (N-methyl/N-ethyl adjacent to an activating group) is 1. The molecule has 0 bridgehead atoms. The van der Waals surface area contributed by atoms with Gasteiger partial charge in [-0.2, -0.15) is 23.5 Å². The average Bonchev–Trinajstić information content (AvgIpc) is 3.53. The van der Waals surface area contributed by atoms with Gasteiger partial charge in [0.2, 0.25) is 5.91 Å². The number of thiophene rings is 2. The third-order valence-electron chi connectivity index (χ3n) is 6.11. The monoisotopic (exact) mass is 533 g/mol. The van der Waals surface area contributed by atoms with Crippen LogP contribution in [0.3, 0.4) is 0 Å². The summed E-state index contributed by atoms with van der Waals surface area (Å²) < 4.78 is 43.2. The molecule has 0 saturated heterocycles. The van der Waals surface area contributed by atoms with Gasteiger partial charge in [0.05, 0.1) is 6.54 Å². The maximum atomic E-state index is 14.0. The summed E-state index contributed by atoms with van der Waals surface area (Å²) in [4.78, 5) is 18.8. The average molecular weight is 534 g/mol. The van der Waals surface area contributed by atoms with Crippen molar-refractivity contribution in [3.8, 4) is 17.2 Å². The summed E-state index contributed by atoms with van der Waals surface area (Å²) in [6.07, 6.45) is 0.172. The Morgan fingerprint density at radius 2 is 2.11 bits per heavy atom. The van der Waals surface area contributed by atoms with Crippen molar-refractivity contribution in [1.29, 1.82) is 5.26 Å². The molecular formula is C25H26F3N5OS2. The second kappa shape index (κ2) is 10.2. The number of aryl methyl sites for hydroxylation is 2. The van der Waals surface area contributed by atoms with E-state index in [1.807, 2.05) is 30.4 Å². The molecule has 190 valence electrons. The van der Waals surface area contributed by atoms with Gasteiger partial charge in [-0.3, -0.25) is 9.48 Å². The lowest BCUT2D eigenvalue weighted by Gasteiger charge is -2.33. The number of carbonyl (C=O) groups excluding carboxylic acids is 1. The highest BCUT2D eigenvalue weighted by Gasteiger charge is 2.40. The van der Waals surface area contributed by atoms with E-state index in [0.717, 1.165) is 20.9 Å². The van der Waals surface area contributed by atoms with Crippen molar-refractivity contribution >= 4 is 28.6 Å². The standard InChI is InChI=1S/C25H26F3N5OS2/c1-5-33-12-19(24(30-33)25(26,27)28)23-15(2)35-14-20(23)18-11-32(22(34)7-6-8-31(3)4)13-21-17(18)9-16(10-29)36-21/h6-7,9,12,14,18H,5,8,11,13H2,1-4H3/b7-6+. The fourth-order valence-corrected chi connectivity index (χ4v) is 6.39. The van der Waals surface area contributed by atoms with Crippen LogP contribution in [-0.2, 0) is 24.1 Å². The zero-order valence-corrected chi connectivity index (χ0v) is 22.0. The Labute approximate surface area is 215 Å². The molecule has 0 fully saturated rings. The normalized spacial score (nSPS) is 16.1. The van der Waals surface area contributed by atoms with Crippen LogP contribution in [0.25, 0.3) is 11.1 Å². The first-order valence-electron chi connectivity index (χ1n) is 11.4. The molecule has 4 heterocycles. The fourth-order valence-electron chi connectivity index (χ4n) is 4.43. The first-order chi connectivity index (χ1) is 17.0. The van der Waals surface area contributed by atoms with Gasteiger partial charge in [0.15, 0.2) is 5.69 Å². The molecule has 6 nitrogen and oxygen atoms in total. The Kier molecular flexibility index (Phi) is 7.41. The smallest absolute Gasteiger partial charge is 0.333 e. The predicted molar refractivity (Wildman–Crippen MR) is 135 cm³/mol. The van der Waals surface area contributed by atoms with E-state index < -0.39 is 11.9 Å². The van der Waals surface area contributed by atoms with Gasteiger partial charge in [-0.05, 0) is 50.5 Å². The summed E-state index contributed by atoms with van der Waals surface area (Å²) >= 11 is 2.71. The molecule has 3 aromatic rings. The largest absolute Gasteiger partial charge is 0.435 e. The second-order valence-corrected chi connectivity index (χ2v) is 11.1. The molecule has 0 N–H and O–H groups in total. The van der Waals surface area contributed by atoms with Crippen LogP contribution >= 0.6 is 22.7 Å². The van der Waals surface area contributed by atoms with Crippen molar-refractivity contribution in [3.05, 3.63) is 61.2 Å². The van der Waals surface area contributed by atoms with Crippen LogP contribution in [-0.4, -0.2) is 52.7 Å².